The molecule has 0 aliphatic carbocycles. The molecule has 0 unspecified atom stereocenters. The predicted molar refractivity (Wildman–Crippen MR) is 51.6 cm³/mol. The van der Waals surface area contributed by atoms with E-state index in [-0.39, 0.29) is 0 Å². The van der Waals surface area contributed by atoms with Gasteiger partial charge in [0.15, 0.2) is 6.07 Å². The maximum atomic E-state index is 8.20. The monoisotopic (exact) mass is 219 g/mol. The van der Waals surface area contributed by atoms with Gasteiger partial charge in [0.1, 0.15) is 0 Å². The summed E-state index contributed by atoms with van der Waals surface area (Å²) in [6.45, 7) is 0. The Hall–Kier alpha value is -1.25. The van der Waals surface area contributed by atoms with Crippen molar-refractivity contribution in [2.45, 2.75) is 5.33 Å². The zero-order valence-electron chi connectivity index (χ0n) is 6.34. The standard InChI is InChI=1S/C10H6BrN/c11-8-10-5-3-9(4-6-10)2-1-7-12/h3-6H,8H2. The average molecular weight is 220 g/mol. The summed E-state index contributed by atoms with van der Waals surface area (Å²) < 4.78 is 0. The molecule has 0 N–H and O–H groups in total. The maximum Gasteiger partial charge on any atom is 0.152 e. The molecular weight excluding hydrogens is 214 g/mol. The molecule has 12 heavy (non-hydrogen) atoms. The van der Waals surface area contributed by atoms with Crippen molar-refractivity contribution < 1.29 is 0 Å². The van der Waals surface area contributed by atoms with E-state index >= 15 is 0 Å². The van der Waals surface area contributed by atoms with Gasteiger partial charge in [0, 0.05) is 16.8 Å². The van der Waals surface area contributed by atoms with Crippen LogP contribution in [-0.4, -0.2) is 0 Å². The molecule has 0 fully saturated rings. The van der Waals surface area contributed by atoms with Crippen LogP contribution in [0.25, 0.3) is 0 Å². The molecule has 2 heteroatoms. The summed E-state index contributed by atoms with van der Waals surface area (Å²) >= 11 is 3.35. The molecule has 0 amide bonds. The quantitative estimate of drug-likeness (QED) is 0.526. The van der Waals surface area contributed by atoms with Crippen LogP contribution in [0.1, 0.15) is 11.1 Å². The highest BCUT2D eigenvalue weighted by Gasteiger charge is 1.88. The molecule has 0 radical (unpaired) electrons. The summed E-state index contributed by atoms with van der Waals surface area (Å²) in [6, 6.07) is 9.55. The van der Waals surface area contributed by atoms with Crippen LogP contribution in [0.3, 0.4) is 0 Å². The van der Waals surface area contributed by atoms with Crippen LogP contribution in [-0.2, 0) is 5.33 Å². The summed E-state index contributed by atoms with van der Waals surface area (Å²) in [5.41, 5.74) is 2.08. The molecule has 0 aromatic heterocycles. The number of benzene rings is 1. The number of hydrogen-bond donors (Lipinski definition) is 0. The number of hydrogen-bond acceptors (Lipinski definition) is 1. The Morgan fingerprint density at radius 2 is 1.92 bits per heavy atom. The van der Waals surface area contributed by atoms with E-state index in [1.165, 1.54) is 5.56 Å². The molecular formula is C10H6BrN. The van der Waals surface area contributed by atoms with Crippen molar-refractivity contribution in [2.75, 3.05) is 0 Å². The van der Waals surface area contributed by atoms with E-state index in [0.29, 0.717) is 0 Å². The van der Waals surface area contributed by atoms with Crippen molar-refractivity contribution >= 4 is 15.9 Å². The smallest absolute Gasteiger partial charge is 0.152 e. The molecule has 58 valence electrons. The summed E-state index contributed by atoms with van der Waals surface area (Å²) in [5, 5.41) is 9.04. The third-order valence-electron chi connectivity index (χ3n) is 1.37. The Morgan fingerprint density at radius 1 is 1.25 bits per heavy atom. The molecule has 0 aliphatic heterocycles. The normalized spacial score (nSPS) is 8.00. The highest BCUT2D eigenvalue weighted by Crippen LogP contribution is 2.06. The van der Waals surface area contributed by atoms with Crippen LogP contribution in [0.5, 0.6) is 0 Å². The van der Waals surface area contributed by atoms with Gasteiger partial charge in [0.25, 0.3) is 0 Å². The molecule has 0 heterocycles. The van der Waals surface area contributed by atoms with Crippen LogP contribution in [0.15, 0.2) is 24.3 Å². The largest absolute Gasteiger partial charge is 0.183 e. The minimum atomic E-state index is 0.846. The maximum absolute atomic E-state index is 8.20. The lowest BCUT2D eigenvalue weighted by atomic mass is 10.2. The first-order chi connectivity index (χ1) is 5.86. The van der Waals surface area contributed by atoms with Gasteiger partial charge in [-0.2, -0.15) is 5.26 Å². The number of rotatable bonds is 1. The molecule has 1 rings (SSSR count). The second-order valence-electron chi connectivity index (χ2n) is 2.19. The molecule has 0 aliphatic rings. The molecule has 0 bridgehead atoms. The Labute approximate surface area is 80.2 Å². The molecule has 1 aromatic rings. The first-order valence-electron chi connectivity index (χ1n) is 3.42. The Bertz CT molecular complexity index is 348. The minimum absolute atomic E-state index is 0.846. The van der Waals surface area contributed by atoms with Crippen LogP contribution in [0.2, 0.25) is 0 Å². The lowest BCUT2D eigenvalue weighted by Crippen LogP contribution is -1.77. The topological polar surface area (TPSA) is 23.8 Å². The van der Waals surface area contributed by atoms with E-state index in [0.717, 1.165) is 10.9 Å². The Morgan fingerprint density at radius 3 is 2.42 bits per heavy atom. The van der Waals surface area contributed by atoms with Crippen molar-refractivity contribution in [3.63, 3.8) is 0 Å². The average Bonchev–Trinajstić information content (AvgIpc) is 2.15. The van der Waals surface area contributed by atoms with E-state index in [2.05, 4.69) is 27.8 Å². The SMILES string of the molecule is N#CC#Cc1ccc(CBr)cc1. The van der Waals surface area contributed by atoms with Gasteiger partial charge in [-0.3, -0.25) is 0 Å². The zero-order chi connectivity index (χ0) is 8.81. The van der Waals surface area contributed by atoms with Gasteiger partial charge < -0.3 is 0 Å². The number of halogens is 1. The van der Waals surface area contributed by atoms with E-state index in [1.54, 1.807) is 6.07 Å². The molecule has 0 saturated carbocycles. The highest BCUT2D eigenvalue weighted by molar-refractivity contribution is 9.08. The van der Waals surface area contributed by atoms with Crippen molar-refractivity contribution in [3.05, 3.63) is 35.4 Å². The zero-order valence-corrected chi connectivity index (χ0v) is 7.93. The van der Waals surface area contributed by atoms with Crippen molar-refractivity contribution in [1.29, 1.82) is 5.26 Å². The van der Waals surface area contributed by atoms with Gasteiger partial charge >= 0.3 is 0 Å². The second-order valence-corrected chi connectivity index (χ2v) is 2.75. The molecule has 0 spiro atoms. The fourth-order valence-corrected chi connectivity index (χ4v) is 1.15. The fourth-order valence-electron chi connectivity index (χ4n) is 0.777. The third kappa shape index (κ3) is 2.42. The summed E-state index contributed by atoms with van der Waals surface area (Å²) in [4.78, 5) is 0. The lowest BCUT2D eigenvalue weighted by molar-refractivity contribution is 1.43. The second kappa shape index (κ2) is 4.59. The molecule has 0 atom stereocenters. The predicted octanol–water partition coefficient (Wildman–Crippen LogP) is 2.46. The molecule has 1 aromatic carbocycles. The van der Waals surface area contributed by atoms with Crippen LogP contribution in [0, 0.1) is 23.2 Å². The first-order valence-corrected chi connectivity index (χ1v) is 4.54. The Kier molecular flexibility index (Phi) is 3.38. The van der Waals surface area contributed by atoms with Gasteiger partial charge in [-0.15, -0.1) is 0 Å². The molecule has 0 saturated heterocycles. The number of nitriles is 1. The van der Waals surface area contributed by atoms with Crippen molar-refractivity contribution in [2.24, 2.45) is 0 Å². The molecule has 1 nitrogen and oxygen atoms in total. The fraction of sp³-hybridized carbons (Fsp3) is 0.100. The number of nitrogens with zero attached hydrogens (tertiary/aromatic N) is 1. The van der Waals surface area contributed by atoms with Gasteiger partial charge in [0.2, 0.25) is 0 Å². The third-order valence-corrected chi connectivity index (χ3v) is 2.02. The van der Waals surface area contributed by atoms with Crippen molar-refractivity contribution in [1.82, 2.24) is 0 Å². The van der Waals surface area contributed by atoms with E-state index < -0.39 is 0 Å². The minimum Gasteiger partial charge on any atom is -0.183 e. The van der Waals surface area contributed by atoms with Crippen LogP contribution in [0.4, 0.5) is 0 Å². The van der Waals surface area contributed by atoms with E-state index in [9.17, 15) is 0 Å². The van der Waals surface area contributed by atoms with Crippen LogP contribution < -0.4 is 0 Å². The van der Waals surface area contributed by atoms with E-state index in [1.807, 2.05) is 24.3 Å². The van der Waals surface area contributed by atoms with Gasteiger partial charge in [-0.25, -0.2) is 0 Å². The summed E-state index contributed by atoms with van der Waals surface area (Å²) in [7, 11) is 0. The number of alkyl halides is 1. The van der Waals surface area contributed by atoms with Gasteiger partial charge in [0.05, 0.1) is 0 Å². The highest BCUT2D eigenvalue weighted by atomic mass is 79.9. The Balaban J connectivity index is 2.87. The first kappa shape index (κ1) is 8.84. The van der Waals surface area contributed by atoms with Gasteiger partial charge in [-0.1, -0.05) is 34.0 Å². The summed E-state index contributed by atoms with van der Waals surface area (Å²) in [6.07, 6.45) is 0. The van der Waals surface area contributed by atoms with Crippen molar-refractivity contribution in [3.8, 4) is 17.9 Å². The summed E-state index contributed by atoms with van der Waals surface area (Å²) in [5.74, 6) is 5.07. The lowest BCUT2D eigenvalue weighted by Gasteiger charge is -1.93. The van der Waals surface area contributed by atoms with Crippen LogP contribution >= 0.6 is 15.9 Å². The van der Waals surface area contributed by atoms with Gasteiger partial charge in [-0.05, 0) is 17.7 Å². The van der Waals surface area contributed by atoms with E-state index in [4.69, 9.17) is 5.26 Å².